The molecule has 0 bridgehead atoms. The van der Waals surface area contributed by atoms with Gasteiger partial charge >= 0.3 is 0 Å². The third-order valence-corrected chi connectivity index (χ3v) is 4.36. The van der Waals surface area contributed by atoms with Crippen LogP contribution in [0.3, 0.4) is 0 Å². The highest BCUT2D eigenvalue weighted by Gasteiger charge is 2.16. The van der Waals surface area contributed by atoms with Crippen molar-refractivity contribution in [3.05, 3.63) is 52.7 Å². The lowest BCUT2D eigenvalue weighted by Gasteiger charge is -2.05. The van der Waals surface area contributed by atoms with Gasteiger partial charge in [0, 0.05) is 11.6 Å². The van der Waals surface area contributed by atoms with Gasteiger partial charge in [-0.15, -0.1) is 0 Å². The van der Waals surface area contributed by atoms with E-state index in [1.165, 1.54) is 6.26 Å². The molecule has 1 amide bonds. The third kappa shape index (κ3) is 5.27. The maximum atomic E-state index is 12.1. The maximum Gasteiger partial charge on any atom is 0.273 e. The summed E-state index contributed by atoms with van der Waals surface area (Å²) in [4.78, 5) is 16.2. The summed E-state index contributed by atoms with van der Waals surface area (Å²) in [6.07, 6.45) is 4.78. The molecule has 1 atom stereocenters. The quantitative estimate of drug-likeness (QED) is 0.762. The highest BCUT2D eigenvalue weighted by Crippen LogP contribution is 2.16. The van der Waals surface area contributed by atoms with Gasteiger partial charge in [-0.2, -0.15) is 11.8 Å². The van der Waals surface area contributed by atoms with Crippen molar-refractivity contribution in [2.24, 2.45) is 5.73 Å². The minimum atomic E-state index is -0.285. The number of thioether (sulfide) groups is 1. The van der Waals surface area contributed by atoms with Crippen molar-refractivity contribution < 1.29 is 9.21 Å². The Morgan fingerprint density at radius 1 is 1.48 bits per heavy atom. The number of nitrogens with two attached hydrogens (primary N) is 1. The Morgan fingerprint density at radius 3 is 3.00 bits per heavy atom. The average molecular weight is 354 g/mol. The number of aromatic nitrogens is 1. The van der Waals surface area contributed by atoms with Gasteiger partial charge in [0.25, 0.3) is 5.91 Å². The maximum absolute atomic E-state index is 12.1. The molecule has 0 aliphatic rings. The van der Waals surface area contributed by atoms with Gasteiger partial charge in [0.2, 0.25) is 5.89 Å². The highest BCUT2D eigenvalue weighted by molar-refractivity contribution is 7.98. The van der Waals surface area contributed by atoms with E-state index in [4.69, 9.17) is 21.8 Å². The number of nitrogens with zero attached hydrogens (tertiary/aromatic N) is 1. The number of carbonyl (C=O) groups excluding carboxylic acids is 1. The summed E-state index contributed by atoms with van der Waals surface area (Å²) in [5, 5.41) is 3.50. The molecule has 0 aliphatic carbocycles. The Labute approximate surface area is 145 Å². The van der Waals surface area contributed by atoms with Gasteiger partial charge in [0.1, 0.15) is 6.26 Å². The van der Waals surface area contributed by atoms with Gasteiger partial charge in [-0.05, 0) is 36.5 Å². The van der Waals surface area contributed by atoms with Crippen LogP contribution in [0.15, 0.2) is 34.9 Å². The van der Waals surface area contributed by atoms with Crippen molar-refractivity contribution in [3.8, 4) is 0 Å². The molecule has 5 nitrogen and oxygen atoms in total. The largest absolute Gasteiger partial charge is 0.446 e. The summed E-state index contributed by atoms with van der Waals surface area (Å²) in [7, 11) is 0. The van der Waals surface area contributed by atoms with Crippen LogP contribution < -0.4 is 11.1 Å². The van der Waals surface area contributed by atoms with Gasteiger partial charge < -0.3 is 15.5 Å². The molecule has 1 heterocycles. The Morgan fingerprint density at radius 2 is 2.26 bits per heavy atom. The standard InChI is InChI=1S/C16H20ClN3O2S/c1-23-9-7-13(18)16-20-14(10-22-16)15(21)19-8-6-11-4-2-3-5-12(11)17/h2-5,10,13H,6-9,18H2,1H3,(H,19,21). The van der Waals surface area contributed by atoms with Gasteiger partial charge in [-0.3, -0.25) is 4.79 Å². The molecule has 0 saturated heterocycles. The first-order valence-electron chi connectivity index (χ1n) is 7.33. The van der Waals surface area contributed by atoms with Crippen molar-refractivity contribution in [1.82, 2.24) is 10.3 Å². The molecule has 124 valence electrons. The first kappa shape index (κ1) is 17.8. The van der Waals surface area contributed by atoms with E-state index in [9.17, 15) is 4.79 Å². The number of carbonyl (C=O) groups is 1. The SMILES string of the molecule is CSCCC(N)c1nc(C(=O)NCCc2ccccc2Cl)co1. The normalized spacial score (nSPS) is 12.1. The van der Waals surface area contributed by atoms with Crippen LogP contribution in [0.2, 0.25) is 5.02 Å². The summed E-state index contributed by atoms with van der Waals surface area (Å²) >= 11 is 7.79. The van der Waals surface area contributed by atoms with E-state index in [1.807, 2.05) is 30.5 Å². The van der Waals surface area contributed by atoms with Crippen LogP contribution >= 0.6 is 23.4 Å². The van der Waals surface area contributed by atoms with E-state index >= 15 is 0 Å². The van der Waals surface area contributed by atoms with Gasteiger partial charge in [-0.1, -0.05) is 29.8 Å². The molecule has 1 unspecified atom stereocenters. The molecular weight excluding hydrogens is 334 g/mol. The predicted octanol–water partition coefficient (Wildman–Crippen LogP) is 3.05. The summed E-state index contributed by atoms with van der Waals surface area (Å²) in [6, 6.07) is 7.28. The van der Waals surface area contributed by atoms with Crippen molar-refractivity contribution >= 4 is 29.3 Å². The Bertz CT molecular complexity index is 648. The van der Waals surface area contributed by atoms with E-state index in [-0.39, 0.29) is 17.6 Å². The number of nitrogens with one attached hydrogen (secondary N) is 1. The number of amides is 1. The van der Waals surface area contributed by atoms with Crippen LogP contribution in [0.1, 0.15) is 34.4 Å². The zero-order valence-electron chi connectivity index (χ0n) is 12.9. The van der Waals surface area contributed by atoms with E-state index in [0.29, 0.717) is 23.9 Å². The van der Waals surface area contributed by atoms with Gasteiger partial charge in [0.05, 0.1) is 6.04 Å². The lowest BCUT2D eigenvalue weighted by Crippen LogP contribution is -2.26. The lowest BCUT2D eigenvalue weighted by atomic mass is 10.1. The third-order valence-electron chi connectivity index (χ3n) is 3.34. The molecule has 3 N–H and O–H groups in total. The molecule has 2 aromatic rings. The highest BCUT2D eigenvalue weighted by atomic mass is 35.5. The second kappa shape index (κ2) is 8.96. The van der Waals surface area contributed by atoms with Crippen molar-refractivity contribution in [1.29, 1.82) is 0 Å². The second-order valence-electron chi connectivity index (χ2n) is 5.06. The predicted molar refractivity (Wildman–Crippen MR) is 93.9 cm³/mol. The monoisotopic (exact) mass is 353 g/mol. The zero-order valence-corrected chi connectivity index (χ0v) is 14.5. The molecule has 1 aromatic carbocycles. The molecule has 0 aliphatic heterocycles. The minimum absolute atomic E-state index is 0.249. The van der Waals surface area contributed by atoms with Crippen LogP contribution in [-0.4, -0.2) is 29.4 Å². The summed E-state index contributed by atoms with van der Waals surface area (Å²) in [5.74, 6) is 1.04. The fraction of sp³-hybridized carbons (Fsp3) is 0.375. The van der Waals surface area contributed by atoms with Crippen LogP contribution in [0.4, 0.5) is 0 Å². The molecular formula is C16H20ClN3O2S. The first-order chi connectivity index (χ1) is 11.1. The Kier molecular flexibility index (Phi) is 6.95. The number of hydrogen-bond acceptors (Lipinski definition) is 5. The lowest BCUT2D eigenvalue weighted by molar-refractivity contribution is 0.0949. The van der Waals surface area contributed by atoms with E-state index in [2.05, 4.69) is 10.3 Å². The Balaban J connectivity index is 1.84. The second-order valence-corrected chi connectivity index (χ2v) is 6.45. The van der Waals surface area contributed by atoms with E-state index < -0.39 is 0 Å². The van der Waals surface area contributed by atoms with Gasteiger partial charge in [0.15, 0.2) is 5.69 Å². The molecule has 0 spiro atoms. The smallest absolute Gasteiger partial charge is 0.273 e. The minimum Gasteiger partial charge on any atom is -0.446 e. The summed E-state index contributed by atoms with van der Waals surface area (Å²) in [6.45, 7) is 0.475. The number of benzene rings is 1. The molecule has 23 heavy (non-hydrogen) atoms. The molecule has 0 fully saturated rings. The summed E-state index contributed by atoms with van der Waals surface area (Å²) in [5.41, 5.74) is 7.22. The molecule has 1 aromatic heterocycles. The number of rotatable bonds is 8. The number of hydrogen-bond donors (Lipinski definition) is 2. The van der Waals surface area contributed by atoms with Crippen molar-refractivity contribution in [2.75, 3.05) is 18.6 Å². The van der Waals surface area contributed by atoms with Crippen LogP contribution in [-0.2, 0) is 6.42 Å². The average Bonchev–Trinajstić information content (AvgIpc) is 3.04. The topological polar surface area (TPSA) is 81.1 Å². The van der Waals surface area contributed by atoms with Gasteiger partial charge in [-0.25, -0.2) is 4.98 Å². The zero-order chi connectivity index (χ0) is 16.7. The van der Waals surface area contributed by atoms with E-state index in [0.717, 1.165) is 17.7 Å². The fourth-order valence-corrected chi connectivity index (χ4v) is 2.75. The van der Waals surface area contributed by atoms with Crippen molar-refractivity contribution in [3.63, 3.8) is 0 Å². The number of oxazole rings is 1. The van der Waals surface area contributed by atoms with Crippen LogP contribution in [0, 0.1) is 0 Å². The van der Waals surface area contributed by atoms with Crippen LogP contribution in [0.25, 0.3) is 0 Å². The van der Waals surface area contributed by atoms with Crippen LogP contribution in [0.5, 0.6) is 0 Å². The molecule has 2 rings (SSSR count). The van der Waals surface area contributed by atoms with E-state index in [1.54, 1.807) is 11.8 Å². The fourth-order valence-electron chi connectivity index (χ4n) is 2.03. The molecule has 0 radical (unpaired) electrons. The summed E-state index contributed by atoms with van der Waals surface area (Å²) < 4.78 is 5.30. The first-order valence-corrected chi connectivity index (χ1v) is 9.10. The van der Waals surface area contributed by atoms with Crippen molar-refractivity contribution in [2.45, 2.75) is 18.9 Å². The number of halogens is 1. The molecule has 0 saturated carbocycles. The molecule has 7 heteroatoms. The Hall–Kier alpha value is -1.50.